The standard InChI is InChI=1S/C20H23FN2O2S/c21-16-10-8-14(9-11-16)19(17-7-4-12-26-17)23-18(24)13-22-20(25)15-5-2-1-3-6-15/h4,7-12,15,19H,1-3,5-6,13H2,(H,22,25)(H,23,24)/t19-/m0/s1. The van der Waals surface area contributed by atoms with Gasteiger partial charge in [0.2, 0.25) is 11.8 Å². The molecule has 0 spiro atoms. The lowest BCUT2D eigenvalue weighted by atomic mass is 9.89. The molecule has 26 heavy (non-hydrogen) atoms. The third kappa shape index (κ3) is 4.91. The van der Waals surface area contributed by atoms with Gasteiger partial charge in [-0.15, -0.1) is 11.3 Å². The molecular weight excluding hydrogens is 351 g/mol. The van der Waals surface area contributed by atoms with Crippen LogP contribution in [0.4, 0.5) is 4.39 Å². The quantitative estimate of drug-likeness (QED) is 0.808. The smallest absolute Gasteiger partial charge is 0.240 e. The van der Waals surface area contributed by atoms with Gasteiger partial charge in [-0.05, 0) is 42.0 Å². The van der Waals surface area contributed by atoms with E-state index >= 15 is 0 Å². The average Bonchev–Trinajstić information content (AvgIpc) is 3.20. The number of thiophene rings is 1. The van der Waals surface area contributed by atoms with Crippen molar-refractivity contribution in [3.63, 3.8) is 0 Å². The molecule has 2 N–H and O–H groups in total. The largest absolute Gasteiger partial charge is 0.347 e. The molecule has 6 heteroatoms. The lowest BCUT2D eigenvalue weighted by Gasteiger charge is -2.21. The molecule has 2 amide bonds. The summed E-state index contributed by atoms with van der Waals surface area (Å²) in [5.74, 6) is -0.572. The van der Waals surface area contributed by atoms with E-state index in [4.69, 9.17) is 0 Å². The number of benzene rings is 1. The van der Waals surface area contributed by atoms with Crippen molar-refractivity contribution in [3.05, 3.63) is 58.0 Å². The Labute approximate surface area is 156 Å². The summed E-state index contributed by atoms with van der Waals surface area (Å²) in [5.41, 5.74) is 0.806. The zero-order valence-electron chi connectivity index (χ0n) is 14.5. The first-order valence-corrected chi connectivity index (χ1v) is 9.87. The van der Waals surface area contributed by atoms with E-state index < -0.39 is 0 Å². The summed E-state index contributed by atoms with van der Waals surface area (Å²) in [6.07, 6.45) is 5.15. The van der Waals surface area contributed by atoms with E-state index in [2.05, 4.69) is 10.6 Å². The maximum atomic E-state index is 13.2. The van der Waals surface area contributed by atoms with Crippen LogP contribution in [0.1, 0.15) is 48.6 Å². The van der Waals surface area contributed by atoms with Gasteiger partial charge in [0, 0.05) is 10.8 Å². The molecular formula is C20H23FN2O2S. The first-order chi connectivity index (χ1) is 12.6. The van der Waals surface area contributed by atoms with Gasteiger partial charge < -0.3 is 10.6 Å². The van der Waals surface area contributed by atoms with Crippen LogP contribution in [0.25, 0.3) is 0 Å². The third-order valence-electron chi connectivity index (χ3n) is 4.74. The Bertz CT molecular complexity index is 725. The Morgan fingerprint density at radius 2 is 1.85 bits per heavy atom. The molecule has 0 radical (unpaired) electrons. The van der Waals surface area contributed by atoms with Crippen molar-refractivity contribution in [3.8, 4) is 0 Å². The van der Waals surface area contributed by atoms with Crippen LogP contribution in [-0.2, 0) is 9.59 Å². The molecule has 1 saturated carbocycles. The van der Waals surface area contributed by atoms with Crippen molar-refractivity contribution < 1.29 is 14.0 Å². The predicted molar refractivity (Wildman–Crippen MR) is 100 cm³/mol. The van der Waals surface area contributed by atoms with E-state index in [0.29, 0.717) is 0 Å². The van der Waals surface area contributed by atoms with Gasteiger partial charge in [0.05, 0.1) is 12.6 Å². The zero-order chi connectivity index (χ0) is 18.4. The van der Waals surface area contributed by atoms with Crippen LogP contribution in [0, 0.1) is 11.7 Å². The van der Waals surface area contributed by atoms with Crippen LogP contribution in [-0.4, -0.2) is 18.4 Å². The maximum absolute atomic E-state index is 13.2. The lowest BCUT2D eigenvalue weighted by molar-refractivity contribution is -0.129. The van der Waals surface area contributed by atoms with Crippen LogP contribution in [0.5, 0.6) is 0 Å². The van der Waals surface area contributed by atoms with Crippen LogP contribution in [0.3, 0.4) is 0 Å². The highest BCUT2D eigenvalue weighted by molar-refractivity contribution is 7.10. The predicted octanol–water partition coefficient (Wildman–Crippen LogP) is 3.79. The van der Waals surface area contributed by atoms with Gasteiger partial charge in [0.15, 0.2) is 0 Å². The van der Waals surface area contributed by atoms with Crippen molar-refractivity contribution >= 4 is 23.2 Å². The number of amides is 2. The molecule has 1 atom stereocenters. The summed E-state index contributed by atoms with van der Waals surface area (Å²) in [7, 11) is 0. The van der Waals surface area contributed by atoms with Crippen molar-refractivity contribution in [1.82, 2.24) is 10.6 Å². The van der Waals surface area contributed by atoms with Crippen LogP contribution in [0.2, 0.25) is 0 Å². The highest BCUT2D eigenvalue weighted by atomic mass is 32.1. The molecule has 1 fully saturated rings. The second-order valence-electron chi connectivity index (χ2n) is 6.62. The van der Waals surface area contributed by atoms with E-state index in [0.717, 1.165) is 36.1 Å². The van der Waals surface area contributed by atoms with E-state index in [9.17, 15) is 14.0 Å². The zero-order valence-corrected chi connectivity index (χ0v) is 15.4. The minimum atomic E-state index is -0.352. The monoisotopic (exact) mass is 374 g/mol. The van der Waals surface area contributed by atoms with Gasteiger partial charge in [-0.2, -0.15) is 0 Å². The Morgan fingerprint density at radius 1 is 1.12 bits per heavy atom. The summed E-state index contributed by atoms with van der Waals surface area (Å²) in [6.45, 7) is -0.0433. The lowest BCUT2D eigenvalue weighted by Crippen LogP contribution is -2.41. The molecule has 2 aromatic rings. The van der Waals surface area contributed by atoms with Crippen molar-refractivity contribution in [2.45, 2.75) is 38.1 Å². The van der Waals surface area contributed by atoms with E-state index in [-0.39, 0.29) is 36.1 Å². The topological polar surface area (TPSA) is 58.2 Å². The van der Waals surface area contributed by atoms with E-state index in [1.54, 1.807) is 12.1 Å². The number of halogens is 1. The third-order valence-corrected chi connectivity index (χ3v) is 5.67. The fourth-order valence-corrected chi connectivity index (χ4v) is 4.12. The van der Waals surface area contributed by atoms with Crippen molar-refractivity contribution in [2.75, 3.05) is 6.54 Å². The molecule has 1 aliphatic rings. The van der Waals surface area contributed by atoms with Gasteiger partial charge in [-0.1, -0.05) is 37.5 Å². The first kappa shape index (κ1) is 18.6. The Morgan fingerprint density at radius 3 is 2.50 bits per heavy atom. The summed E-state index contributed by atoms with van der Waals surface area (Å²) in [5, 5.41) is 7.64. The molecule has 3 rings (SSSR count). The number of carbonyl (C=O) groups excluding carboxylic acids is 2. The van der Waals surface area contributed by atoms with Crippen molar-refractivity contribution in [2.24, 2.45) is 5.92 Å². The van der Waals surface area contributed by atoms with Gasteiger partial charge in [0.25, 0.3) is 0 Å². The molecule has 0 aliphatic heterocycles. The number of hydrogen-bond donors (Lipinski definition) is 2. The fourth-order valence-electron chi connectivity index (χ4n) is 3.32. The number of carbonyl (C=O) groups is 2. The number of nitrogens with one attached hydrogen (secondary N) is 2. The normalized spacial score (nSPS) is 16.0. The van der Waals surface area contributed by atoms with Crippen molar-refractivity contribution in [1.29, 1.82) is 0 Å². The molecule has 1 aromatic heterocycles. The molecule has 4 nitrogen and oxygen atoms in total. The molecule has 1 aromatic carbocycles. The highest BCUT2D eigenvalue weighted by Gasteiger charge is 2.22. The Hall–Kier alpha value is -2.21. The van der Waals surface area contributed by atoms with E-state index in [1.165, 1.54) is 29.9 Å². The minimum absolute atomic E-state index is 0.0294. The maximum Gasteiger partial charge on any atom is 0.240 e. The second-order valence-corrected chi connectivity index (χ2v) is 7.60. The van der Waals surface area contributed by atoms with Crippen LogP contribution >= 0.6 is 11.3 Å². The SMILES string of the molecule is O=C(CNC(=O)C1CCCCC1)N[C@@H](c1ccc(F)cc1)c1cccs1. The van der Waals surface area contributed by atoms with Crippen LogP contribution in [0.15, 0.2) is 41.8 Å². The summed E-state index contributed by atoms with van der Waals surface area (Å²) in [4.78, 5) is 25.5. The number of hydrogen-bond acceptors (Lipinski definition) is 3. The molecule has 138 valence electrons. The molecule has 1 heterocycles. The van der Waals surface area contributed by atoms with Gasteiger partial charge in [0.1, 0.15) is 5.82 Å². The van der Waals surface area contributed by atoms with Gasteiger partial charge in [-0.3, -0.25) is 9.59 Å². The summed E-state index contributed by atoms with van der Waals surface area (Å²) >= 11 is 1.52. The molecule has 0 saturated heterocycles. The first-order valence-electron chi connectivity index (χ1n) is 8.99. The van der Waals surface area contributed by atoms with Gasteiger partial charge in [-0.25, -0.2) is 4.39 Å². The average molecular weight is 374 g/mol. The molecule has 0 unspecified atom stereocenters. The Balaban J connectivity index is 1.60. The fraction of sp³-hybridized carbons (Fsp3) is 0.400. The molecule has 1 aliphatic carbocycles. The summed E-state index contributed by atoms with van der Waals surface area (Å²) in [6, 6.07) is 9.59. The summed E-state index contributed by atoms with van der Waals surface area (Å²) < 4.78 is 13.2. The highest BCUT2D eigenvalue weighted by Crippen LogP contribution is 2.26. The molecule has 0 bridgehead atoms. The second kappa shape index (κ2) is 8.94. The van der Waals surface area contributed by atoms with Crippen LogP contribution < -0.4 is 10.6 Å². The minimum Gasteiger partial charge on any atom is -0.347 e. The Kier molecular flexibility index (Phi) is 6.39. The van der Waals surface area contributed by atoms with E-state index in [1.807, 2.05) is 17.5 Å². The van der Waals surface area contributed by atoms with Gasteiger partial charge >= 0.3 is 0 Å². The number of rotatable bonds is 6.